The zero-order valence-electron chi connectivity index (χ0n) is 18.6. The van der Waals surface area contributed by atoms with Crippen molar-refractivity contribution in [3.05, 3.63) is 70.9 Å². The van der Waals surface area contributed by atoms with E-state index in [9.17, 15) is 39.6 Å². The van der Waals surface area contributed by atoms with Crippen LogP contribution in [0.1, 0.15) is 36.7 Å². The van der Waals surface area contributed by atoms with Gasteiger partial charge in [-0.1, -0.05) is 13.0 Å². The first-order valence-electron chi connectivity index (χ1n) is 10.4. The third-order valence-electron chi connectivity index (χ3n) is 5.48. The van der Waals surface area contributed by atoms with Crippen molar-refractivity contribution in [2.24, 2.45) is 0 Å². The average molecular weight is 521 g/mol. The maximum atomic E-state index is 14.1. The van der Waals surface area contributed by atoms with E-state index in [-0.39, 0.29) is 29.2 Å². The van der Waals surface area contributed by atoms with Crippen LogP contribution in [-0.4, -0.2) is 46.7 Å². The van der Waals surface area contributed by atoms with Gasteiger partial charge in [-0.05, 0) is 24.6 Å². The van der Waals surface area contributed by atoms with Gasteiger partial charge in [0.25, 0.3) is 0 Å². The Hall–Kier alpha value is -3.09. The molecule has 0 N–H and O–H groups in total. The van der Waals surface area contributed by atoms with E-state index in [2.05, 4.69) is 4.98 Å². The molecule has 190 valence electrons. The van der Waals surface area contributed by atoms with E-state index in [1.807, 2.05) is 0 Å². The van der Waals surface area contributed by atoms with Crippen LogP contribution in [0, 0.1) is 17.5 Å². The van der Waals surface area contributed by atoms with Crippen molar-refractivity contribution in [1.82, 2.24) is 14.3 Å². The van der Waals surface area contributed by atoms with Gasteiger partial charge in [-0.25, -0.2) is 26.6 Å². The number of alkyl halides is 3. The van der Waals surface area contributed by atoms with E-state index in [1.165, 1.54) is 20.0 Å². The molecule has 0 unspecified atom stereocenters. The normalized spacial score (nSPS) is 13.3. The summed E-state index contributed by atoms with van der Waals surface area (Å²) in [6, 6.07) is 1.82. The van der Waals surface area contributed by atoms with E-state index in [1.54, 1.807) is 0 Å². The molecule has 3 aromatic rings. The summed E-state index contributed by atoms with van der Waals surface area (Å²) in [5.74, 6) is -4.71. The summed E-state index contributed by atoms with van der Waals surface area (Å²) >= 11 is 0. The fourth-order valence-corrected chi connectivity index (χ4v) is 4.26. The first-order valence-corrected chi connectivity index (χ1v) is 12.2. The van der Waals surface area contributed by atoms with Gasteiger partial charge >= 0.3 is 6.18 Å². The molecule has 1 atom stereocenters. The lowest BCUT2D eigenvalue weighted by atomic mass is 10.1. The summed E-state index contributed by atoms with van der Waals surface area (Å²) < 4.78 is 106. The Balaban J connectivity index is 1.95. The van der Waals surface area contributed by atoms with Crippen molar-refractivity contribution in [1.29, 1.82) is 0 Å². The summed E-state index contributed by atoms with van der Waals surface area (Å²) in [6.45, 7) is 2.56. The Morgan fingerprint density at radius 2 is 1.80 bits per heavy atom. The standard InChI is InChI=1S/C22H21F6N3O3S/c1-3-35(33,34)7-6-31(13(2)19-12-30-11-15(23)10-18(25)21(30)29-19)20(32)9-14-4-5-17(24)16(8-14)22(26,27)28/h4-5,8,10-13H,3,6-7,9H2,1-2H3/t13-/m1/s1. The van der Waals surface area contributed by atoms with Gasteiger partial charge < -0.3 is 9.30 Å². The zero-order valence-corrected chi connectivity index (χ0v) is 19.4. The van der Waals surface area contributed by atoms with Crippen LogP contribution in [0.3, 0.4) is 0 Å². The Kier molecular flexibility index (Phi) is 7.48. The highest BCUT2D eigenvalue weighted by Crippen LogP contribution is 2.32. The Labute approximate surface area is 197 Å². The molecule has 0 saturated heterocycles. The van der Waals surface area contributed by atoms with Crippen LogP contribution in [0.2, 0.25) is 0 Å². The fourth-order valence-electron chi connectivity index (χ4n) is 3.50. The number of imidazole rings is 1. The lowest BCUT2D eigenvalue weighted by molar-refractivity contribution is -0.140. The minimum Gasteiger partial charge on any atom is -0.333 e. The van der Waals surface area contributed by atoms with E-state index in [0.29, 0.717) is 18.2 Å². The molecule has 0 saturated carbocycles. The van der Waals surface area contributed by atoms with Crippen molar-refractivity contribution in [2.75, 3.05) is 18.1 Å². The number of amides is 1. The second-order valence-corrected chi connectivity index (χ2v) is 10.4. The number of sulfone groups is 1. The molecular weight excluding hydrogens is 500 g/mol. The van der Waals surface area contributed by atoms with Crippen LogP contribution >= 0.6 is 0 Å². The molecule has 0 fully saturated rings. The quantitative estimate of drug-likeness (QED) is 0.414. The first kappa shape index (κ1) is 26.5. The number of hydrogen-bond donors (Lipinski definition) is 0. The highest BCUT2D eigenvalue weighted by molar-refractivity contribution is 7.91. The number of carbonyl (C=O) groups excluding carboxylic acids is 1. The van der Waals surface area contributed by atoms with Gasteiger partial charge in [-0.2, -0.15) is 13.2 Å². The van der Waals surface area contributed by atoms with Gasteiger partial charge in [-0.15, -0.1) is 0 Å². The number of halogens is 6. The highest BCUT2D eigenvalue weighted by atomic mass is 32.2. The van der Waals surface area contributed by atoms with Crippen LogP contribution in [-0.2, 0) is 27.2 Å². The van der Waals surface area contributed by atoms with Gasteiger partial charge in [0, 0.05) is 30.8 Å². The van der Waals surface area contributed by atoms with Crippen molar-refractivity contribution in [3.63, 3.8) is 0 Å². The molecular formula is C22H21F6N3O3S. The topological polar surface area (TPSA) is 71.8 Å². The van der Waals surface area contributed by atoms with E-state index < -0.39 is 63.2 Å². The maximum absolute atomic E-state index is 14.1. The van der Waals surface area contributed by atoms with Gasteiger partial charge in [0.15, 0.2) is 21.3 Å². The van der Waals surface area contributed by atoms with Crippen LogP contribution in [0.25, 0.3) is 5.65 Å². The molecule has 6 nitrogen and oxygen atoms in total. The van der Waals surface area contributed by atoms with Gasteiger partial charge in [0.1, 0.15) is 11.6 Å². The second kappa shape index (κ2) is 9.88. The third kappa shape index (κ3) is 6.13. The van der Waals surface area contributed by atoms with E-state index in [0.717, 1.165) is 21.6 Å². The van der Waals surface area contributed by atoms with E-state index in [4.69, 9.17) is 0 Å². The predicted molar refractivity (Wildman–Crippen MR) is 115 cm³/mol. The molecule has 0 radical (unpaired) electrons. The van der Waals surface area contributed by atoms with Gasteiger partial charge in [0.2, 0.25) is 5.91 Å². The van der Waals surface area contributed by atoms with Crippen LogP contribution in [0.15, 0.2) is 36.7 Å². The molecule has 13 heteroatoms. The molecule has 0 bridgehead atoms. The Morgan fingerprint density at radius 3 is 2.43 bits per heavy atom. The average Bonchev–Trinajstić information content (AvgIpc) is 3.18. The summed E-state index contributed by atoms with van der Waals surface area (Å²) in [7, 11) is -3.53. The Morgan fingerprint density at radius 1 is 1.11 bits per heavy atom. The molecule has 0 spiro atoms. The van der Waals surface area contributed by atoms with Crippen molar-refractivity contribution in [3.8, 4) is 0 Å². The minimum atomic E-state index is -4.97. The number of rotatable bonds is 8. The number of carbonyl (C=O) groups is 1. The maximum Gasteiger partial charge on any atom is 0.419 e. The summed E-state index contributed by atoms with van der Waals surface area (Å²) in [5, 5.41) is 0. The first-order chi connectivity index (χ1) is 16.2. The molecule has 3 rings (SSSR count). The smallest absolute Gasteiger partial charge is 0.333 e. The van der Waals surface area contributed by atoms with Gasteiger partial charge in [-0.3, -0.25) is 4.79 Å². The van der Waals surface area contributed by atoms with Crippen molar-refractivity contribution >= 4 is 21.4 Å². The van der Waals surface area contributed by atoms with Crippen molar-refractivity contribution in [2.45, 2.75) is 32.5 Å². The molecule has 0 aliphatic rings. The summed E-state index contributed by atoms with van der Waals surface area (Å²) in [4.78, 5) is 18.3. The molecule has 1 aromatic carbocycles. The fraction of sp³-hybridized carbons (Fsp3) is 0.364. The molecule has 2 heterocycles. The number of nitrogens with zero attached hydrogens (tertiary/aromatic N) is 3. The number of pyridine rings is 1. The molecule has 0 aliphatic carbocycles. The number of hydrogen-bond acceptors (Lipinski definition) is 4. The molecule has 2 aromatic heterocycles. The number of fused-ring (bicyclic) bond motifs is 1. The largest absolute Gasteiger partial charge is 0.419 e. The van der Waals surface area contributed by atoms with Gasteiger partial charge in [0.05, 0.1) is 29.5 Å². The highest BCUT2D eigenvalue weighted by Gasteiger charge is 2.34. The predicted octanol–water partition coefficient (Wildman–Crippen LogP) is 4.34. The number of benzene rings is 1. The SMILES string of the molecule is CCS(=O)(=O)CCN(C(=O)Cc1ccc(F)c(C(F)(F)F)c1)[C@H](C)c1cn2cc(F)cc(F)c2n1. The monoisotopic (exact) mass is 521 g/mol. The summed E-state index contributed by atoms with van der Waals surface area (Å²) in [5.41, 5.74) is -1.79. The van der Waals surface area contributed by atoms with E-state index >= 15 is 0 Å². The molecule has 35 heavy (non-hydrogen) atoms. The lowest BCUT2D eigenvalue weighted by Crippen LogP contribution is -2.38. The van der Waals surface area contributed by atoms with Crippen LogP contribution in [0.5, 0.6) is 0 Å². The Bertz CT molecular complexity index is 1350. The number of aromatic nitrogens is 2. The summed E-state index contributed by atoms with van der Waals surface area (Å²) in [6.07, 6.45) is -3.33. The lowest BCUT2D eigenvalue weighted by Gasteiger charge is -2.28. The van der Waals surface area contributed by atoms with Crippen LogP contribution < -0.4 is 0 Å². The molecule has 1 amide bonds. The zero-order chi connectivity index (χ0) is 26.1. The second-order valence-electron chi connectivity index (χ2n) is 7.89. The molecule has 0 aliphatic heterocycles. The minimum absolute atomic E-state index is 0.104. The van der Waals surface area contributed by atoms with Crippen LogP contribution in [0.4, 0.5) is 26.3 Å². The third-order valence-corrected chi connectivity index (χ3v) is 7.17. The van der Waals surface area contributed by atoms with Crippen molar-refractivity contribution < 1.29 is 39.6 Å².